The second-order valence-corrected chi connectivity index (χ2v) is 9.29. The molecule has 3 aliphatic rings. The highest BCUT2D eigenvalue weighted by Gasteiger charge is 2.72. The normalized spacial score (nSPS) is 22.8. The Bertz CT molecular complexity index is 1410. The lowest BCUT2D eigenvalue weighted by molar-refractivity contribution is -0.145. The molecule has 6 nitrogen and oxygen atoms in total. The van der Waals surface area contributed by atoms with Gasteiger partial charge >= 0.3 is 5.97 Å². The highest BCUT2D eigenvalue weighted by molar-refractivity contribution is 6.32. The highest BCUT2D eigenvalue weighted by Crippen LogP contribution is 2.60. The summed E-state index contributed by atoms with van der Waals surface area (Å²) in [7, 11) is 1.57. The first-order valence-electron chi connectivity index (χ1n) is 12.1. The summed E-state index contributed by atoms with van der Waals surface area (Å²) >= 11 is 0. The van der Waals surface area contributed by atoms with E-state index in [2.05, 4.69) is 0 Å². The Labute approximate surface area is 209 Å². The lowest BCUT2D eigenvalue weighted by Gasteiger charge is -2.36. The number of hydrogen-bond donors (Lipinski definition) is 0. The maximum absolute atomic E-state index is 14.4. The van der Waals surface area contributed by atoms with Gasteiger partial charge in [0.15, 0.2) is 11.6 Å². The van der Waals surface area contributed by atoms with Crippen molar-refractivity contribution in [3.8, 4) is 5.75 Å². The minimum atomic E-state index is -1.53. The standard InChI is InChI=1S/C30H25NO5/c1-3-36-29(34)26-25(19-10-8-11-20(17-19)35-2)30(27(32)21-12-5-6-13-22(21)28(30)33)24-16-15-18-9-4-7-14-23(18)31(24)26/h4-17,24-26H,3H2,1-2H3/t24-,25-,26+/m0/s1. The first kappa shape index (κ1) is 22.3. The van der Waals surface area contributed by atoms with Crippen molar-refractivity contribution in [3.05, 3.63) is 101 Å². The Hall–Kier alpha value is -4.19. The van der Waals surface area contributed by atoms with Crippen molar-refractivity contribution in [2.45, 2.75) is 24.9 Å². The van der Waals surface area contributed by atoms with Crippen LogP contribution in [0.4, 0.5) is 5.69 Å². The van der Waals surface area contributed by atoms with Crippen LogP contribution in [0.2, 0.25) is 0 Å². The third-order valence-corrected chi connectivity index (χ3v) is 7.69. The SMILES string of the molecule is CCOC(=O)[C@H]1[C@H](c2cccc(OC)c2)C2(C(=O)c3ccccc3C2=O)[C@@H]2C=Cc3ccccc3N21. The lowest BCUT2D eigenvalue weighted by Crippen LogP contribution is -2.48. The third-order valence-electron chi connectivity index (χ3n) is 7.69. The zero-order valence-corrected chi connectivity index (χ0v) is 20.0. The zero-order chi connectivity index (χ0) is 25.0. The molecule has 0 bridgehead atoms. The Morgan fingerprint density at radius 3 is 2.33 bits per heavy atom. The van der Waals surface area contributed by atoms with Crippen molar-refractivity contribution in [2.24, 2.45) is 5.41 Å². The second kappa shape index (κ2) is 8.19. The van der Waals surface area contributed by atoms with Gasteiger partial charge in [-0.25, -0.2) is 4.79 Å². The molecule has 36 heavy (non-hydrogen) atoms. The van der Waals surface area contributed by atoms with Crippen LogP contribution in [0.25, 0.3) is 6.08 Å². The average molecular weight is 480 g/mol. The number of carbonyl (C=O) groups is 3. The summed E-state index contributed by atoms with van der Waals surface area (Å²) in [6.45, 7) is 1.94. The van der Waals surface area contributed by atoms with Crippen molar-refractivity contribution in [3.63, 3.8) is 0 Å². The number of carbonyl (C=O) groups excluding carboxylic acids is 3. The first-order chi connectivity index (χ1) is 17.5. The number of Topliss-reactive ketones (excluding diaryl/α,β-unsaturated/α-hetero) is 2. The minimum absolute atomic E-state index is 0.186. The summed E-state index contributed by atoms with van der Waals surface area (Å²) < 4.78 is 11.1. The molecule has 1 saturated heterocycles. The smallest absolute Gasteiger partial charge is 0.329 e. The van der Waals surface area contributed by atoms with Gasteiger partial charge in [0.2, 0.25) is 0 Å². The predicted octanol–water partition coefficient (Wildman–Crippen LogP) is 4.69. The van der Waals surface area contributed by atoms with E-state index in [-0.39, 0.29) is 18.2 Å². The van der Waals surface area contributed by atoms with Crippen LogP contribution in [0, 0.1) is 5.41 Å². The van der Waals surface area contributed by atoms with E-state index in [9.17, 15) is 14.4 Å². The van der Waals surface area contributed by atoms with Crippen molar-refractivity contribution < 1.29 is 23.9 Å². The van der Waals surface area contributed by atoms with Crippen LogP contribution >= 0.6 is 0 Å². The molecule has 2 aliphatic heterocycles. The van der Waals surface area contributed by atoms with Crippen LogP contribution in [-0.4, -0.2) is 43.3 Å². The first-order valence-corrected chi connectivity index (χ1v) is 12.1. The average Bonchev–Trinajstić information content (AvgIpc) is 3.35. The molecule has 0 amide bonds. The summed E-state index contributed by atoms with van der Waals surface area (Å²) in [4.78, 5) is 44.5. The highest BCUT2D eigenvalue weighted by atomic mass is 16.5. The number of rotatable bonds is 4. The summed E-state index contributed by atoms with van der Waals surface area (Å²) in [5.74, 6) is -1.20. The zero-order valence-electron chi connectivity index (χ0n) is 20.0. The molecule has 0 N–H and O–H groups in total. The quantitative estimate of drug-likeness (QED) is 0.399. The maximum atomic E-state index is 14.4. The van der Waals surface area contributed by atoms with E-state index in [1.54, 1.807) is 44.4 Å². The molecule has 6 rings (SSSR count). The minimum Gasteiger partial charge on any atom is -0.497 e. The van der Waals surface area contributed by atoms with Crippen molar-refractivity contribution in [1.82, 2.24) is 0 Å². The van der Waals surface area contributed by atoms with Gasteiger partial charge in [-0.2, -0.15) is 0 Å². The van der Waals surface area contributed by atoms with E-state index in [0.29, 0.717) is 22.4 Å². The molecular weight excluding hydrogens is 454 g/mol. The number of hydrogen-bond acceptors (Lipinski definition) is 6. The molecule has 1 aliphatic carbocycles. The molecule has 6 heteroatoms. The summed E-state index contributed by atoms with van der Waals surface area (Å²) in [6, 6.07) is 20.4. The maximum Gasteiger partial charge on any atom is 0.329 e. The number of ether oxygens (including phenoxy) is 2. The molecule has 0 aromatic heterocycles. The van der Waals surface area contributed by atoms with Crippen LogP contribution in [-0.2, 0) is 9.53 Å². The Morgan fingerprint density at radius 1 is 0.944 bits per heavy atom. The predicted molar refractivity (Wildman–Crippen MR) is 135 cm³/mol. The van der Waals surface area contributed by atoms with Crippen molar-refractivity contribution in [2.75, 3.05) is 18.6 Å². The van der Waals surface area contributed by atoms with Gasteiger partial charge in [0.05, 0.1) is 19.8 Å². The number of benzene rings is 3. The monoisotopic (exact) mass is 479 g/mol. The summed E-state index contributed by atoms with van der Waals surface area (Å²) in [5.41, 5.74) is 1.66. The lowest BCUT2D eigenvalue weighted by atomic mass is 9.64. The number of fused-ring (bicyclic) bond motifs is 5. The molecule has 1 spiro atoms. The van der Waals surface area contributed by atoms with Crippen molar-refractivity contribution >= 4 is 29.3 Å². The number of para-hydroxylation sites is 1. The number of ketones is 2. The number of anilines is 1. The fourth-order valence-corrected chi connectivity index (χ4v) is 6.33. The van der Waals surface area contributed by atoms with E-state index < -0.39 is 29.4 Å². The van der Waals surface area contributed by atoms with E-state index >= 15 is 0 Å². The van der Waals surface area contributed by atoms with E-state index in [0.717, 1.165) is 11.3 Å². The molecule has 0 radical (unpaired) electrons. The van der Waals surface area contributed by atoms with Crippen LogP contribution < -0.4 is 9.64 Å². The van der Waals surface area contributed by atoms with Gasteiger partial charge in [0.25, 0.3) is 0 Å². The molecule has 0 saturated carbocycles. The van der Waals surface area contributed by atoms with Gasteiger partial charge in [-0.15, -0.1) is 0 Å². The van der Waals surface area contributed by atoms with Gasteiger partial charge < -0.3 is 14.4 Å². The molecule has 1 fully saturated rings. The van der Waals surface area contributed by atoms with Gasteiger partial charge in [0, 0.05) is 22.7 Å². The van der Waals surface area contributed by atoms with E-state index in [1.807, 2.05) is 59.5 Å². The van der Waals surface area contributed by atoms with E-state index in [1.165, 1.54) is 0 Å². The molecular formula is C30H25NO5. The second-order valence-electron chi connectivity index (χ2n) is 9.29. The van der Waals surface area contributed by atoms with Gasteiger partial charge in [0.1, 0.15) is 17.2 Å². The largest absolute Gasteiger partial charge is 0.497 e. The van der Waals surface area contributed by atoms with Crippen LogP contribution in [0.15, 0.2) is 78.9 Å². The fourth-order valence-electron chi connectivity index (χ4n) is 6.33. The summed E-state index contributed by atoms with van der Waals surface area (Å²) in [5, 5.41) is 0. The van der Waals surface area contributed by atoms with Crippen LogP contribution in [0.1, 0.15) is 44.7 Å². The molecule has 2 heterocycles. The number of esters is 1. The molecule has 3 aromatic carbocycles. The topological polar surface area (TPSA) is 72.9 Å². The van der Waals surface area contributed by atoms with E-state index in [4.69, 9.17) is 9.47 Å². The van der Waals surface area contributed by atoms with Crippen molar-refractivity contribution in [1.29, 1.82) is 0 Å². The van der Waals surface area contributed by atoms with Crippen LogP contribution in [0.5, 0.6) is 5.75 Å². The Morgan fingerprint density at radius 2 is 1.64 bits per heavy atom. The molecule has 3 aromatic rings. The van der Waals surface area contributed by atoms with Gasteiger partial charge in [-0.1, -0.05) is 66.7 Å². The molecule has 180 valence electrons. The van der Waals surface area contributed by atoms with Gasteiger partial charge in [-0.05, 0) is 36.2 Å². The summed E-state index contributed by atoms with van der Waals surface area (Å²) in [6.07, 6.45) is 3.84. The Balaban J connectivity index is 1.68. The Kier molecular flexibility index (Phi) is 5.07. The number of nitrogens with zero attached hydrogens (tertiary/aromatic N) is 1. The molecule has 3 atom stereocenters. The third kappa shape index (κ3) is 2.81. The fraction of sp³-hybridized carbons (Fsp3) is 0.233. The van der Waals surface area contributed by atoms with Gasteiger partial charge in [-0.3, -0.25) is 9.59 Å². The van der Waals surface area contributed by atoms with Crippen LogP contribution in [0.3, 0.4) is 0 Å². The number of methoxy groups -OCH3 is 1. The molecule has 0 unspecified atom stereocenters.